The van der Waals surface area contributed by atoms with E-state index in [2.05, 4.69) is 21.2 Å². The molecule has 8 heteroatoms. The van der Waals surface area contributed by atoms with Crippen molar-refractivity contribution in [3.63, 3.8) is 0 Å². The van der Waals surface area contributed by atoms with Crippen LogP contribution in [0.5, 0.6) is 0 Å². The lowest BCUT2D eigenvalue weighted by molar-refractivity contribution is -0.128. The maximum absolute atomic E-state index is 13.3. The predicted molar refractivity (Wildman–Crippen MR) is 86.7 cm³/mol. The van der Waals surface area contributed by atoms with E-state index < -0.39 is 31.1 Å². The highest BCUT2D eigenvalue weighted by atomic mass is 79.9. The number of amides is 1. The van der Waals surface area contributed by atoms with Crippen LogP contribution in [0.1, 0.15) is 33.3 Å². The summed E-state index contributed by atoms with van der Waals surface area (Å²) in [6.07, 6.45) is -0.977. The van der Waals surface area contributed by atoms with Crippen molar-refractivity contribution in [2.75, 3.05) is 5.32 Å². The Bertz CT molecular complexity index is 634. The second kappa shape index (κ2) is 6.06. The zero-order chi connectivity index (χ0) is 16.7. The van der Waals surface area contributed by atoms with Gasteiger partial charge in [-0.1, -0.05) is 15.9 Å². The van der Waals surface area contributed by atoms with Gasteiger partial charge in [-0.2, -0.15) is 0 Å². The summed E-state index contributed by atoms with van der Waals surface area (Å²) in [4.78, 5) is 12.4. The number of carbonyl (C=O) groups is 1. The fraction of sp³-hybridized carbons (Fsp3) is 0.500. The van der Waals surface area contributed by atoms with Crippen molar-refractivity contribution in [1.29, 1.82) is 0 Å². The van der Waals surface area contributed by atoms with Crippen LogP contribution in [0, 0.1) is 0 Å². The number of hydrogen-bond donors (Lipinski definition) is 2. The van der Waals surface area contributed by atoms with Gasteiger partial charge in [0.05, 0.1) is 12.2 Å². The molecule has 1 heterocycles. The van der Waals surface area contributed by atoms with Crippen LogP contribution in [0.3, 0.4) is 0 Å². The summed E-state index contributed by atoms with van der Waals surface area (Å²) in [7, 11) is -4.18. The van der Waals surface area contributed by atoms with Crippen LogP contribution in [-0.4, -0.2) is 23.2 Å². The van der Waals surface area contributed by atoms with Crippen LogP contribution in [0.25, 0.3) is 0 Å². The van der Waals surface area contributed by atoms with E-state index in [0.717, 1.165) is 0 Å². The van der Waals surface area contributed by atoms with Gasteiger partial charge >= 0.3 is 7.60 Å². The van der Waals surface area contributed by atoms with Crippen molar-refractivity contribution in [3.8, 4) is 0 Å². The molecule has 1 atom stereocenters. The van der Waals surface area contributed by atoms with E-state index in [-0.39, 0.29) is 5.56 Å². The third-order valence-corrected chi connectivity index (χ3v) is 6.15. The Morgan fingerprint density at radius 1 is 1.23 bits per heavy atom. The summed E-state index contributed by atoms with van der Waals surface area (Å²) >= 11 is 3.28. The highest BCUT2D eigenvalue weighted by Gasteiger charge is 2.62. The lowest BCUT2D eigenvalue weighted by atomic mass is 10.1. The molecule has 0 unspecified atom stereocenters. The molecule has 1 amide bonds. The lowest BCUT2D eigenvalue weighted by Crippen LogP contribution is -2.37. The summed E-state index contributed by atoms with van der Waals surface area (Å²) in [5.74, 6) is -0.815. The van der Waals surface area contributed by atoms with Gasteiger partial charge in [0.1, 0.15) is 0 Å². The van der Waals surface area contributed by atoms with Crippen LogP contribution in [0.15, 0.2) is 22.7 Å². The molecule has 0 spiro atoms. The van der Waals surface area contributed by atoms with Gasteiger partial charge in [0.15, 0.2) is 0 Å². The third-order valence-electron chi connectivity index (χ3n) is 3.02. The molecule has 0 radical (unpaired) electrons. The molecule has 22 heavy (non-hydrogen) atoms. The average Bonchev–Trinajstić information content (AvgIpc) is 2.61. The Morgan fingerprint density at radius 3 is 2.27 bits per heavy atom. The van der Waals surface area contributed by atoms with E-state index in [0.29, 0.717) is 10.2 Å². The Labute approximate surface area is 137 Å². The fourth-order valence-corrected chi connectivity index (χ4v) is 4.86. The van der Waals surface area contributed by atoms with Crippen molar-refractivity contribution < 1.29 is 23.5 Å². The number of halogens is 1. The SMILES string of the molecule is CC(C)OP(=O)(OC(C)C)[C@]1(O)C(=O)Nc2ccc(Br)cc21. The zero-order valence-electron chi connectivity index (χ0n) is 12.8. The first-order chi connectivity index (χ1) is 10.1. The summed E-state index contributed by atoms with van der Waals surface area (Å²) < 4.78 is 24.7. The first-order valence-electron chi connectivity index (χ1n) is 6.91. The van der Waals surface area contributed by atoms with Crippen molar-refractivity contribution in [2.45, 2.75) is 45.2 Å². The van der Waals surface area contributed by atoms with Gasteiger partial charge in [-0.3, -0.25) is 9.36 Å². The minimum atomic E-state index is -4.18. The van der Waals surface area contributed by atoms with Gasteiger partial charge in [0.25, 0.3) is 11.2 Å². The number of benzene rings is 1. The Hall–Kier alpha value is -0.720. The third kappa shape index (κ3) is 2.88. The molecule has 0 bridgehead atoms. The molecule has 6 nitrogen and oxygen atoms in total. The molecule has 0 fully saturated rings. The molecule has 0 saturated heterocycles. The Balaban J connectivity index is 2.62. The monoisotopic (exact) mass is 391 g/mol. The molecule has 0 saturated carbocycles. The number of carbonyl (C=O) groups excluding carboxylic acids is 1. The minimum Gasteiger partial charge on any atom is -0.366 e. The minimum absolute atomic E-state index is 0.177. The van der Waals surface area contributed by atoms with E-state index in [9.17, 15) is 14.5 Å². The normalized spacial score (nSPS) is 21.4. The van der Waals surface area contributed by atoms with Crippen LogP contribution < -0.4 is 5.32 Å². The summed E-state index contributed by atoms with van der Waals surface area (Å²) in [6.45, 7) is 6.64. The van der Waals surface area contributed by atoms with Crippen LogP contribution in [-0.2, 0) is 23.7 Å². The van der Waals surface area contributed by atoms with E-state index in [1.165, 1.54) is 6.07 Å². The predicted octanol–water partition coefficient (Wildman–Crippen LogP) is 3.59. The number of anilines is 1. The van der Waals surface area contributed by atoms with Gasteiger partial charge in [0, 0.05) is 15.7 Å². The highest BCUT2D eigenvalue weighted by molar-refractivity contribution is 9.10. The van der Waals surface area contributed by atoms with Crippen LogP contribution in [0.4, 0.5) is 5.69 Å². The van der Waals surface area contributed by atoms with Crippen molar-refractivity contribution >= 4 is 35.1 Å². The highest BCUT2D eigenvalue weighted by Crippen LogP contribution is 2.67. The topological polar surface area (TPSA) is 84.9 Å². The molecule has 1 aliphatic rings. The first kappa shape index (κ1) is 17.6. The number of nitrogens with one attached hydrogen (secondary N) is 1. The van der Waals surface area contributed by atoms with Crippen LogP contribution in [0.2, 0.25) is 0 Å². The first-order valence-corrected chi connectivity index (χ1v) is 9.24. The van der Waals surface area contributed by atoms with E-state index in [1.54, 1.807) is 39.8 Å². The maximum atomic E-state index is 13.3. The van der Waals surface area contributed by atoms with Crippen molar-refractivity contribution in [2.24, 2.45) is 0 Å². The summed E-state index contributed by atoms with van der Waals surface area (Å²) in [5, 5.41) is 11.2. The van der Waals surface area contributed by atoms with Gasteiger partial charge in [-0.15, -0.1) is 0 Å². The quantitative estimate of drug-likeness (QED) is 0.749. The molecule has 0 aromatic heterocycles. The van der Waals surface area contributed by atoms with Gasteiger partial charge < -0.3 is 19.5 Å². The fourth-order valence-electron chi connectivity index (χ4n) is 2.25. The van der Waals surface area contributed by atoms with Gasteiger partial charge in [0.2, 0.25) is 0 Å². The van der Waals surface area contributed by atoms with Gasteiger partial charge in [-0.05, 0) is 45.9 Å². The number of rotatable bonds is 5. The maximum Gasteiger partial charge on any atom is 0.377 e. The Kier molecular flexibility index (Phi) is 4.85. The molecule has 0 aliphatic carbocycles. The molecule has 2 N–H and O–H groups in total. The molecular weight excluding hydrogens is 373 g/mol. The van der Waals surface area contributed by atoms with E-state index in [1.807, 2.05) is 0 Å². The smallest absolute Gasteiger partial charge is 0.366 e. The largest absolute Gasteiger partial charge is 0.377 e. The molecule has 122 valence electrons. The van der Waals surface area contributed by atoms with E-state index >= 15 is 0 Å². The molecule has 1 aliphatic heterocycles. The lowest BCUT2D eigenvalue weighted by Gasteiger charge is -2.32. The second-order valence-electron chi connectivity index (χ2n) is 5.62. The van der Waals surface area contributed by atoms with E-state index in [4.69, 9.17) is 9.05 Å². The molecular formula is C14H19BrNO5P. The standard InChI is InChI=1S/C14H19BrNO5P/c1-8(2)20-22(19,21-9(3)4)14(18)11-7-10(15)5-6-12(11)16-13(14)17/h5-9,18H,1-4H3,(H,16,17)/t14-/m0/s1. The van der Waals surface area contributed by atoms with Crippen LogP contribution >= 0.6 is 23.5 Å². The molecule has 1 aromatic rings. The number of fused-ring (bicyclic) bond motifs is 1. The van der Waals surface area contributed by atoms with Crippen molar-refractivity contribution in [3.05, 3.63) is 28.2 Å². The van der Waals surface area contributed by atoms with Crippen molar-refractivity contribution in [1.82, 2.24) is 0 Å². The number of hydrogen-bond acceptors (Lipinski definition) is 5. The average molecular weight is 392 g/mol. The molecule has 2 rings (SSSR count). The zero-order valence-corrected chi connectivity index (χ0v) is 15.3. The summed E-state index contributed by atoms with van der Waals surface area (Å²) in [6, 6.07) is 4.86. The second-order valence-corrected chi connectivity index (χ2v) is 8.60. The number of aliphatic hydroxyl groups is 1. The molecule has 1 aromatic carbocycles. The summed E-state index contributed by atoms with van der Waals surface area (Å²) in [5.41, 5.74) is 0.562. The van der Waals surface area contributed by atoms with Gasteiger partial charge in [-0.25, -0.2) is 0 Å². The Morgan fingerprint density at radius 2 is 1.77 bits per heavy atom.